The third-order valence-corrected chi connectivity index (χ3v) is 15.9. The fraction of sp³-hybridized carbons (Fsp3) is 0.738. The molecule has 69 heavy (non-hydrogen) atoms. The molecule has 2 rings (SSSR count). The molecule has 0 radical (unpaired) electrons. The summed E-state index contributed by atoms with van der Waals surface area (Å²) < 4.78 is -2.31. The lowest BCUT2D eigenvalue weighted by Gasteiger charge is -2.38. The Morgan fingerprint density at radius 3 is 1.80 bits per heavy atom. The Balaban J connectivity index is 2.75. The molecular formula is C42H75N15O9S3. The second-order valence-electron chi connectivity index (χ2n) is 18.4. The summed E-state index contributed by atoms with van der Waals surface area (Å²) in [6.07, 6.45) is 3.22. The average Bonchev–Trinajstić information content (AvgIpc) is 3.75. The van der Waals surface area contributed by atoms with E-state index >= 15 is 0 Å². The summed E-state index contributed by atoms with van der Waals surface area (Å²) >= 11 is 1.44. The molecule has 2 aliphatic heterocycles. The summed E-state index contributed by atoms with van der Waals surface area (Å²) in [4.78, 5) is 133. The third-order valence-electron chi connectivity index (χ3n) is 11.0. The van der Waals surface area contributed by atoms with E-state index in [0.717, 1.165) is 21.6 Å². The van der Waals surface area contributed by atoms with Crippen molar-refractivity contribution < 1.29 is 43.2 Å². The minimum Gasteiger partial charge on any atom is -0.370 e. The van der Waals surface area contributed by atoms with E-state index in [4.69, 9.17) is 28.7 Å². The van der Waals surface area contributed by atoms with Gasteiger partial charge in [0.2, 0.25) is 53.2 Å². The van der Waals surface area contributed by atoms with Crippen LogP contribution in [0.1, 0.15) is 99.8 Å². The molecule has 0 bridgehead atoms. The first-order valence-corrected chi connectivity index (χ1v) is 26.4. The second-order valence-corrected chi connectivity index (χ2v) is 22.8. The Labute approximate surface area is 416 Å². The topological polar surface area (TPSA) is 396 Å². The average molecular weight is 1030 g/mol. The highest BCUT2D eigenvalue weighted by atomic mass is 33.1. The fourth-order valence-corrected chi connectivity index (χ4v) is 10.8. The Morgan fingerprint density at radius 2 is 1.26 bits per heavy atom. The van der Waals surface area contributed by atoms with Gasteiger partial charge in [0.15, 0.2) is 11.9 Å². The van der Waals surface area contributed by atoms with Gasteiger partial charge in [0.25, 0.3) is 0 Å². The predicted octanol–water partition coefficient (Wildman–Crippen LogP) is -2.63. The van der Waals surface area contributed by atoms with Crippen LogP contribution < -0.4 is 65.9 Å². The number of carbonyl (C=O) groups excluding carboxylic acids is 9. The van der Waals surface area contributed by atoms with E-state index in [1.54, 1.807) is 27.7 Å². The van der Waals surface area contributed by atoms with E-state index < -0.39 is 111 Å². The number of primary amides is 1. The van der Waals surface area contributed by atoms with Crippen LogP contribution in [0.15, 0.2) is 9.98 Å². The van der Waals surface area contributed by atoms with Crippen molar-refractivity contribution in [2.24, 2.45) is 44.6 Å². The number of carbonyl (C=O) groups is 9. The lowest BCUT2D eigenvalue weighted by molar-refractivity contribution is -0.142. The van der Waals surface area contributed by atoms with Crippen molar-refractivity contribution in [1.29, 1.82) is 0 Å². The van der Waals surface area contributed by atoms with Crippen LogP contribution in [0.2, 0.25) is 0 Å². The smallest absolute Gasteiger partial charge is 0.245 e. The summed E-state index contributed by atoms with van der Waals surface area (Å²) in [7, 11) is 2.24. The van der Waals surface area contributed by atoms with Crippen LogP contribution in [0.4, 0.5) is 0 Å². The van der Waals surface area contributed by atoms with Crippen molar-refractivity contribution in [1.82, 2.24) is 42.1 Å². The monoisotopic (exact) mass is 1030 g/mol. The number of rotatable bonds is 15. The SMILES string of the molecule is CSCC[C@@H]1NC(=O)[C@@H](NC(C)=O)C(C)(C)SSC(C)(C)[C@H](C(N)=O)NC(=O)CNC(=O)[C@H](CCCN=C(N)N)NC(=O)[C@H](CC(C)C)NC(=O)[C@H](CCCN=C(N)N)NC(=O)[C@@H]2CCCN2C1=O. The Bertz CT molecular complexity index is 1900. The van der Waals surface area contributed by atoms with Gasteiger partial charge in [-0.1, -0.05) is 35.4 Å². The molecule has 0 aromatic rings. The number of fused-ring (bicyclic) bond motifs is 1. The normalized spacial score (nSPS) is 25.7. The fourth-order valence-electron chi connectivity index (χ4n) is 7.47. The number of hydrogen-bond donors (Lipinski definition) is 12. The van der Waals surface area contributed by atoms with E-state index in [1.165, 1.54) is 23.6 Å². The Kier molecular flexibility index (Phi) is 24.7. The molecule has 2 saturated heterocycles. The maximum absolute atomic E-state index is 14.5. The van der Waals surface area contributed by atoms with Crippen LogP contribution in [0.3, 0.4) is 0 Å². The molecule has 17 N–H and O–H groups in total. The van der Waals surface area contributed by atoms with Crippen molar-refractivity contribution in [2.75, 3.05) is 38.2 Å². The molecule has 9 amide bonds. The molecule has 2 heterocycles. The van der Waals surface area contributed by atoms with Gasteiger partial charge in [0.05, 0.1) is 6.54 Å². The minimum absolute atomic E-state index is 0.00533. The molecule has 7 atom stereocenters. The van der Waals surface area contributed by atoms with E-state index in [2.05, 4.69) is 47.2 Å². The number of hydrogen-bond acceptors (Lipinski definition) is 14. The lowest BCUT2D eigenvalue weighted by atomic mass is 10.0. The Hall–Kier alpha value is -5.18. The number of nitrogens with zero attached hydrogens (tertiary/aromatic N) is 3. The number of guanidine groups is 2. The van der Waals surface area contributed by atoms with Gasteiger partial charge in [-0.15, -0.1) is 0 Å². The summed E-state index contributed by atoms with van der Waals surface area (Å²) in [6.45, 7) is 11.2. The van der Waals surface area contributed by atoms with E-state index in [1.807, 2.05) is 20.1 Å². The molecule has 0 aromatic carbocycles. The van der Waals surface area contributed by atoms with Crippen LogP contribution in [0.25, 0.3) is 0 Å². The van der Waals surface area contributed by atoms with Crippen molar-refractivity contribution in [3.63, 3.8) is 0 Å². The van der Waals surface area contributed by atoms with Crippen LogP contribution in [0, 0.1) is 5.92 Å². The largest absolute Gasteiger partial charge is 0.370 e. The summed E-state index contributed by atoms with van der Waals surface area (Å²) in [5, 5.41) is 18.8. The van der Waals surface area contributed by atoms with Gasteiger partial charge in [-0.05, 0) is 97.0 Å². The Morgan fingerprint density at radius 1 is 0.739 bits per heavy atom. The van der Waals surface area contributed by atoms with Crippen LogP contribution in [0.5, 0.6) is 0 Å². The zero-order chi connectivity index (χ0) is 52.2. The van der Waals surface area contributed by atoms with Gasteiger partial charge >= 0.3 is 0 Å². The third kappa shape index (κ3) is 20.4. The van der Waals surface area contributed by atoms with E-state index in [0.29, 0.717) is 12.2 Å². The maximum atomic E-state index is 14.5. The first-order chi connectivity index (χ1) is 32.2. The first kappa shape index (κ1) is 59.9. The van der Waals surface area contributed by atoms with Gasteiger partial charge in [0.1, 0.15) is 42.3 Å². The highest BCUT2D eigenvalue weighted by Gasteiger charge is 2.45. The van der Waals surface area contributed by atoms with E-state index in [9.17, 15) is 43.2 Å². The molecular weight excluding hydrogens is 955 g/mol. The van der Waals surface area contributed by atoms with Gasteiger partial charge < -0.3 is 70.8 Å². The van der Waals surface area contributed by atoms with Gasteiger partial charge in [-0.2, -0.15) is 11.8 Å². The standard InChI is InChI=1S/C42H75N15O9S3/c1-22(2)20-27-35(63)52-24(12-9-16-48-39(44)45)33(61)50-21-29(59)56-30(32(43)60)41(4,5)68-69-42(6,7)31(51-23(3)58)37(65)54-26(15-19-67-8)38(66)57-18-11-14-28(57)36(64)53-25(34(62)55-27)13-10-17-49-40(46)47/h22,24-28,30-31H,9-21H2,1-8H3,(H2,43,60)(H,50,61)(H,51,58)(H,52,63)(H,53,64)(H,54,65)(H,55,62)(H,56,59)(H4,44,45,48)(H4,46,47,49)/t24-,25-,26-,27-,28-,30-,31+/m0/s1. The molecule has 27 heteroatoms. The molecule has 0 aliphatic carbocycles. The van der Waals surface area contributed by atoms with Crippen molar-refractivity contribution in [3.8, 4) is 0 Å². The number of amides is 9. The van der Waals surface area contributed by atoms with Crippen molar-refractivity contribution in [2.45, 2.75) is 152 Å². The quantitative estimate of drug-likeness (QED) is 0.0345. The van der Waals surface area contributed by atoms with Gasteiger partial charge in [-0.3, -0.25) is 53.1 Å². The molecule has 0 spiro atoms. The summed E-state index contributed by atoms with van der Waals surface area (Å²) in [5.74, 6) is -6.46. The molecule has 390 valence electrons. The van der Waals surface area contributed by atoms with Crippen molar-refractivity contribution in [3.05, 3.63) is 0 Å². The number of aliphatic imine (C=N–C) groups is 2. The predicted molar refractivity (Wildman–Crippen MR) is 270 cm³/mol. The zero-order valence-electron chi connectivity index (χ0n) is 40.9. The summed E-state index contributed by atoms with van der Waals surface area (Å²) in [5.41, 5.74) is 27.8. The number of nitrogens with two attached hydrogens (primary N) is 5. The highest BCUT2D eigenvalue weighted by Crippen LogP contribution is 2.46. The molecule has 0 aromatic heterocycles. The molecule has 0 saturated carbocycles. The van der Waals surface area contributed by atoms with Crippen molar-refractivity contribution >= 4 is 98.4 Å². The molecule has 0 unspecified atom stereocenters. The summed E-state index contributed by atoms with van der Waals surface area (Å²) in [6, 6.07) is -8.48. The zero-order valence-corrected chi connectivity index (χ0v) is 43.4. The van der Waals surface area contributed by atoms with Crippen LogP contribution >= 0.6 is 33.3 Å². The van der Waals surface area contributed by atoms with Gasteiger partial charge in [-0.25, -0.2) is 0 Å². The molecule has 24 nitrogen and oxygen atoms in total. The first-order valence-electron chi connectivity index (χ1n) is 22.8. The van der Waals surface area contributed by atoms with Crippen LogP contribution in [-0.2, 0) is 43.2 Å². The highest BCUT2D eigenvalue weighted by molar-refractivity contribution is 8.77. The number of thioether (sulfide) groups is 1. The van der Waals surface area contributed by atoms with Gasteiger partial charge in [0, 0.05) is 36.1 Å². The number of nitrogens with one attached hydrogen (secondary N) is 7. The maximum Gasteiger partial charge on any atom is 0.245 e. The second kappa shape index (κ2) is 28.5. The van der Waals surface area contributed by atoms with Crippen LogP contribution in [-0.4, -0.2) is 160 Å². The lowest BCUT2D eigenvalue weighted by Crippen LogP contribution is -2.61. The minimum atomic E-state index is -1.33. The molecule has 2 aliphatic rings. The molecule has 2 fully saturated rings. The van der Waals surface area contributed by atoms with E-state index in [-0.39, 0.29) is 82.4 Å².